The van der Waals surface area contributed by atoms with Crippen molar-refractivity contribution >= 4 is 5.91 Å². The van der Waals surface area contributed by atoms with E-state index in [-0.39, 0.29) is 11.9 Å². The van der Waals surface area contributed by atoms with Crippen molar-refractivity contribution in [3.05, 3.63) is 83.1 Å². The van der Waals surface area contributed by atoms with Crippen LogP contribution in [0.5, 0.6) is 0 Å². The number of aromatic nitrogens is 1. The van der Waals surface area contributed by atoms with Crippen molar-refractivity contribution in [2.75, 3.05) is 32.8 Å². The Bertz CT molecular complexity index is 1030. The molecule has 2 aliphatic heterocycles. The number of ether oxygens (including phenoxy) is 1. The summed E-state index contributed by atoms with van der Waals surface area (Å²) in [5, 5.41) is 0. The van der Waals surface area contributed by atoms with E-state index in [0.29, 0.717) is 38.6 Å². The molecule has 156 valence electrons. The van der Waals surface area contributed by atoms with Gasteiger partial charge < -0.3 is 18.6 Å². The van der Waals surface area contributed by atoms with E-state index in [1.54, 1.807) is 11.0 Å². The zero-order chi connectivity index (χ0) is 20.5. The van der Waals surface area contributed by atoms with Crippen molar-refractivity contribution in [3.63, 3.8) is 0 Å². The van der Waals surface area contributed by atoms with Crippen molar-refractivity contribution < 1.29 is 13.9 Å². The second-order valence-corrected chi connectivity index (χ2v) is 8.08. The Labute approximate surface area is 176 Å². The highest BCUT2D eigenvalue weighted by molar-refractivity contribution is 5.91. The zero-order valence-electron chi connectivity index (χ0n) is 17.3. The van der Waals surface area contributed by atoms with E-state index in [9.17, 15) is 4.79 Å². The third-order valence-corrected chi connectivity index (χ3v) is 6.03. The first-order valence-electron chi connectivity index (χ1n) is 10.6. The van der Waals surface area contributed by atoms with Crippen molar-refractivity contribution in [1.29, 1.82) is 0 Å². The van der Waals surface area contributed by atoms with Crippen LogP contribution in [0.15, 0.2) is 59.1 Å². The van der Waals surface area contributed by atoms with Gasteiger partial charge in [-0.2, -0.15) is 0 Å². The lowest BCUT2D eigenvalue weighted by Crippen LogP contribution is -2.40. The molecule has 0 saturated carbocycles. The molecular weight excluding hydrogens is 378 g/mol. The van der Waals surface area contributed by atoms with Gasteiger partial charge >= 0.3 is 0 Å². The van der Waals surface area contributed by atoms with Crippen LogP contribution in [0.1, 0.15) is 39.2 Å². The fourth-order valence-corrected chi connectivity index (χ4v) is 4.52. The summed E-state index contributed by atoms with van der Waals surface area (Å²) in [6.07, 6.45) is 2.15. The maximum absolute atomic E-state index is 12.7. The van der Waals surface area contributed by atoms with Crippen LogP contribution in [0.25, 0.3) is 0 Å². The summed E-state index contributed by atoms with van der Waals surface area (Å²) in [4.78, 5) is 17.0. The fourth-order valence-electron chi connectivity index (χ4n) is 4.52. The number of furan rings is 1. The van der Waals surface area contributed by atoms with E-state index in [1.807, 2.05) is 6.07 Å². The van der Waals surface area contributed by atoms with Crippen molar-refractivity contribution in [2.24, 2.45) is 0 Å². The summed E-state index contributed by atoms with van der Waals surface area (Å²) >= 11 is 0. The highest BCUT2D eigenvalue weighted by Crippen LogP contribution is 2.34. The number of amides is 1. The molecule has 5 rings (SSSR count). The lowest BCUT2D eigenvalue weighted by molar-refractivity contribution is 0.0280. The number of nitrogens with zero attached hydrogens (tertiary/aromatic N) is 3. The standard InChI is InChI=1S/C24H27N3O3/c1-18-4-2-5-19(16-18)23-21-6-3-9-25(21)10-11-27(23)17-20-7-8-22(30-20)24(28)26-12-14-29-15-13-26/h2-9,16,23H,10-15,17H2,1H3/t23-/m0/s1. The van der Waals surface area contributed by atoms with Gasteiger partial charge in [0.2, 0.25) is 0 Å². The maximum atomic E-state index is 12.7. The lowest BCUT2D eigenvalue weighted by atomic mass is 9.98. The molecule has 1 amide bonds. The molecule has 0 bridgehead atoms. The summed E-state index contributed by atoms with van der Waals surface area (Å²) in [7, 11) is 0. The predicted octanol–water partition coefficient (Wildman–Crippen LogP) is 3.47. The largest absolute Gasteiger partial charge is 0.455 e. The van der Waals surface area contributed by atoms with Crippen LogP contribution in [-0.4, -0.2) is 53.1 Å². The van der Waals surface area contributed by atoms with Gasteiger partial charge in [-0.25, -0.2) is 0 Å². The first kappa shape index (κ1) is 19.2. The topological polar surface area (TPSA) is 50.9 Å². The van der Waals surface area contributed by atoms with Crippen molar-refractivity contribution in [2.45, 2.75) is 26.1 Å². The molecule has 1 fully saturated rings. The molecule has 1 atom stereocenters. The zero-order valence-corrected chi connectivity index (χ0v) is 17.3. The molecule has 0 unspecified atom stereocenters. The van der Waals surface area contributed by atoms with Crippen LogP contribution in [0.3, 0.4) is 0 Å². The second-order valence-electron chi connectivity index (χ2n) is 8.08. The van der Waals surface area contributed by atoms with E-state index in [4.69, 9.17) is 9.15 Å². The Hall–Kier alpha value is -2.83. The van der Waals surface area contributed by atoms with Crippen molar-refractivity contribution in [3.8, 4) is 0 Å². The number of morpholine rings is 1. The molecule has 4 heterocycles. The van der Waals surface area contributed by atoms with E-state index in [1.165, 1.54) is 16.8 Å². The third kappa shape index (κ3) is 3.68. The van der Waals surface area contributed by atoms with Gasteiger partial charge in [0.25, 0.3) is 5.91 Å². The summed E-state index contributed by atoms with van der Waals surface area (Å²) in [6.45, 7) is 7.08. The number of carbonyl (C=O) groups is 1. The Morgan fingerprint density at radius 3 is 2.73 bits per heavy atom. The normalized spacial score (nSPS) is 19.6. The Kier molecular flexibility index (Phi) is 5.19. The predicted molar refractivity (Wildman–Crippen MR) is 113 cm³/mol. The second kappa shape index (κ2) is 8.13. The Morgan fingerprint density at radius 2 is 1.90 bits per heavy atom. The van der Waals surface area contributed by atoms with Gasteiger partial charge in [-0.05, 0) is 36.8 Å². The third-order valence-electron chi connectivity index (χ3n) is 6.03. The van der Waals surface area contributed by atoms with Crippen LogP contribution in [0, 0.1) is 6.92 Å². The van der Waals surface area contributed by atoms with Crippen LogP contribution in [0.4, 0.5) is 0 Å². The number of hydrogen-bond acceptors (Lipinski definition) is 4. The smallest absolute Gasteiger partial charge is 0.289 e. The van der Waals surface area contributed by atoms with E-state index >= 15 is 0 Å². The molecule has 0 radical (unpaired) electrons. The minimum atomic E-state index is -0.0488. The van der Waals surface area contributed by atoms with Gasteiger partial charge in [0, 0.05) is 38.1 Å². The Morgan fingerprint density at radius 1 is 1.03 bits per heavy atom. The molecule has 0 aliphatic carbocycles. The lowest BCUT2D eigenvalue weighted by Gasteiger charge is -2.37. The summed E-state index contributed by atoms with van der Waals surface area (Å²) in [6, 6.07) is 16.9. The van der Waals surface area contributed by atoms with Gasteiger partial charge in [-0.3, -0.25) is 9.69 Å². The number of rotatable bonds is 4. The average Bonchev–Trinajstić information content (AvgIpc) is 3.43. The fraction of sp³-hybridized carbons (Fsp3) is 0.375. The molecule has 0 spiro atoms. The minimum Gasteiger partial charge on any atom is -0.455 e. The monoisotopic (exact) mass is 405 g/mol. The van der Waals surface area contributed by atoms with Crippen LogP contribution < -0.4 is 0 Å². The summed E-state index contributed by atoms with van der Waals surface area (Å²) in [5.74, 6) is 1.19. The van der Waals surface area contributed by atoms with Crippen molar-refractivity contribution in [1.82, 2.24) is 14.4 Å². The van der Waals surface area contributed by atoms with E-state index < -0.39 is 0 Å². The Balaban J connectivity index is 1.38. The van der Waals surface area contributed by atoms with Gasteiger partial charge in [-0.15, -0.1) is 0 Å². The van der Waals surface area contributed by atoms with Gasteiger partial charge in [0.05, 0.1) is 25.8 Å². The van der Waals surface area contributed by atoms with Crippen LogP contribution in [0.2, 0.25) is 0 Å². The molecule has 1 saturated heterocycles. The highest BCUT2D eigenvalue weighted by atomic mass is 16.5. The molecule has 6 nitrogen and oxygen atoms in total. The quantitative estimate of drug-likeness (QED) is 0.667. The first-order chi connectivity index (χ1) is 14.7. The minimum absolute atomic E-state index is 0.0488. The molecule has 3 aromatic rings. The first-order valence-corrected chi connectivity index (χ1v) is 10.6. The average molecular weight is 405 g/mol. The number of fused-ring (bicyclic) bond motifs is 1. The number of benzene rings is 1. The van der Waals surface area contributed by atoms with Gasteiger partial charge in [-0.1, -0.05) is 29.8 Å². The number of carbonyl (C=O) groups excluding carboxylic acids is 1. The molecule has 0 N–H and O–H groups in total. The SMILES string of the molecule is Cc1cccc([C@H]2c3cccn3CCN2Cc2ccc(C(=O)N3CCOCC3)o2)c1. The molecule has 6 heteroatoms. The van der Waals surface area contributed by atoms with E-state index in [0.717, 1.165) is 18.8 Å². The summed E-state index contributed by atoms with van der Waals surface area (Å²) < 4.78 is 13.7. The summed E-state index contributed by atoms with van der Waals surface area (Å²) in [5.41, 5.74) is 3.83. The van der Waals surface area contributed by atoms with E-state index in [2.05, 4.69) is 59.0 Å². The number of aryl methyl sites for hydroxylation is 1. The maximum Gasteiger partial charge on any atom is 0.289 e. The molecule has 30 heavy (non-hydrogen) atoms. The highest BCUT2D eigenvalue weighted by Gasteiger charge is 2.30. The molecular formula is C24H27N3O3. The molecule has 2 aliphatic rings. The molecule has 1 aromatic carbocycles. The van der Waals surface area contributed by atoms with Gasteiger partial charge in [0.15, 0.2) is 5.76 Å². The number of hydrogen-bond donors (Lipinski definition) is 0. The van der Waals surface area contributed by atoms with Crippen LogP contribution >= 0.6 is 0 Å². The van der Waals surface area contributed by atoms with Gasteiger partial charge in [0.1, 0.15) is 5.76 Å². The molecule has 2 aromatic heterocycles. The van der Waals surface area contributed by atoms with Crippen LogP contribution in [-0.2, 0) is 17.8 Å².